The molecule has 1 aliphatic heterocycles. The van der Waals surface area contributed by atoms with Crippen molar-refractivity contribution in [2.24, 2.45) is 20.0 Å². The Hall–Kier alpha value is -1.71. The van der Waals surface area contributed by atoms with Crippen molar-refractivity contribution in [3.8, 4) is 11.5 Å². The van der Waals surface area contributed by atoms with Gasteiger partial charge in [0.25, 0.3) is 0 Å². The van der Waals surface area contributed by atoms with Crippen LogP contribution in [0.1, 0.15) is 24.1 Å². The molecule has 1 saturated heterocycles. The Morgan fingerprint density at radius 2 is 1.97 bits per heavy atom. The lowest BCUT2D eigenvalue weighted by Crippen LogP contribution is -2.27. The quantitative estimate of drug-likeness (QED) is 0.375. The lowest BCUT2D eigenvalue weighted by atomic mass is 9.95. The van der Waals surface area contributed by atoms with Gasteiger partial charge in [-0.15, -0.1) is 15.3 Å². The minimum Gasteiger partial charge on any atom is -0.304 e. The fraction of sp³-hybridized carbons (Fsp3) is 0.524. The van der Waals surface area contributed by atoms with Crippen LogP contribution in [0.2, 0.25) is 0 Å². The summed E-state index contributed by atoms with van der Waals surface area (Å²) in [5.74, 6) is 2.65. The fourth-order valence-corrected chi connectivity index (χ4v) is 5.79. The third-order valence-electron chi connectivity index (χ3n) is 6.64. The Labute approximate surface area is 189 Å². The molecule has 1 saturated carbocycles. The Balaban J connectivity index is 1.13. The third-order valence-corrected chi connectivity index (χ3v) is 8.27. The maximum atomic E-state index is 4.37. The molecule has 0 N–H and O–H groups in total. The van der Waals surface area contributed by atoms with Crippen molar-refractivity contribution >= 4 is 27.7 Å². The van der Waals surface area contributed by atoms with Gasteiger partial charge < -0.3 is 9.47 Å². The molecule has 3 aromatic rings. The van der Waals surface area contributed by atoms with E-state index in [0.29, 0.717) is 5.41 Å². The van der Waals surface area contributed by atoms with E-state index >= 15 is 0 Å². The molecule has 158 valence electrons. The van der Waals surface area contributed by atoms with Crippen LogP contribution in [0, 0.1) is 12.8 Å². The minimum absolute atomic E-state index is 0.418. The normalized spacial score (nSPS) is 23.1. The van der Waals surface area contributed by atoms with Crippen molar-refractivity contribution in [3.63, 3.8) is 0 Å². The molecule has 0 radical (unpaired) electrons. The van der Waals surface area contributed by atoms with Gasteiger partial charge in [-0.1, -0.05) is 45.0 Å². The van der Waals surface area contributed by atoms with Crippen LogP contribution in [0.25, 0.3) is 11.5 Å². The van der Waals surface area contributed by atoms with Gasteiger partial charge in [0, 0.05) is 42.8 Å². The zero-order chi connectivity index (χ0) is 20.9. The van der Waals surface area contributed by atoms with Gasteiger partial charge in [-0.25, -0.2) is 0 Å². The molecule has 7 nitrogen and oxygen atoms in total. The summed E-state index contributed by atoms with van der Waals surface area (Å²) in [5, 5.41) is 18.0. The summed E-state index contributed by atoms with van der Waals surface area (Å²) < 4.78 is 4.95. The van der Waals surface area contributed by atoms with E-state index < -0.39 is 0 Å². The molecule has 0 amide bonds. The molecular formula is C21H26BrN7S. The Morgan fingerprint density at radius 1 is 1.17 bits per heavy atom. The van der Waals surface area contributed by atoms with Crippen LogP contribution in [0.4, 0.5) is 0 Å². The molecule has 1 aromatic carbocycles. The molecule has 3 heterocycles. The zero-order valence-electron chi connectivity index (χ0n) is 17.5. The maximum Gasteiger partial charge on any atom is 0.191 e. The van der Waals surface area contributed by atoms with Crippen molar-refractivity contribution in [3.05, 3.63) is 40.0 Å². The number of fused-ring (bicyclic) bond motifs is 1. The predicted octanol–water partition coefficient (Wildman–Crippen LogP) is 3.44. The first-order chi connectivity index (χ1) is 14.5. The molecule has 2 aliphatic rings. The maximum absolute atomic E-state index is 4.37. The van der Waals surface area contributed by atoms with E-state index in [4.69, 9.17) is 0 Å². The largest absolute Gasteiger partial charge is 0.304 e. The highest BCUT2D eigenvalue weighted by molar-refractivity contribution is 9.10. The average molecular weight is 488 g/mol. The topological polar surface area (TPSA) is 64.7 Å². The lowest BCUT2D eigenvalue weighted by molar-refractivity contribution is 0.299. The van der Waals surface area contributed by atoms with Crippen LogP contribution >= 0.6 is 27.7 Å². The lowest BCUT2D eigenvalue weighted by Gasteiger charge is -2.21. The van der Waals surface area contributed by atoms with Gasteiger partial charge in [0.05, 0.1) is 5.69 Å². The van der Waals surface area contributed by atoms with E-state index in [1.807, 2.05) is 25.6 Å². The van der Waals surface area contributed by atoms with Crippen molar-refractivity contribution in [1.82, 2.24) is 34.7 Å². The van der Waals surface area contributed by atoms with Crippen molar-refractivity contribution in [1.29, 1.82) is 0 Å². The highest BCUT2D eigenvalue weighted by atomic mass is 79.9. The number of thioether (sulfide) groups is 1. The molecule has 2 atom stereocenters. The highest BCUT2D eigenvalue weighted by Gasteiger charge is 2.60. The number of aryl methyl sites for hydroxylation is 1. The second-order valence-electron chi connectivity index (χ2n) is 8.51. The van der Waals surface area contributed by atoms with E-state index in [-0.39, 0.29) is 0 Å². The molecule has 5 rings (SSSR count). The van der Waals surface area contributed by atoms with Crippen LogP contribution in [0.15, 0.2) is 33.9 Å². The summed E-state index contributed by atoms with van der Waals surface area (Å²) >= 11 is 5.32. The smallest absolute Gasteiger partial charge is 0.191 e. The first kappa shape index (κ1) is 20.2. The van der Waals surface area contributed by atoms with Gasteiger partial charge in [0.15, 0.2) is 16.7 Å². The Bertz CT molecular complexity index is 1060. The Morgan fingerprint density at radius 3 is 2.70 bits per heavy atom. The number of rotatable bonds is 7. The first-order valence-corrected chi connectivity index (χ1v) is 12.1. The summed E-state index contributed by atoms with van der Waals surface area (Å²) in [6.07, 6.45) is 2.50. The van der Waals surface area contributed by atoms with E-state index in [2.05, 4.69) is 65.6 Å². The summed E-state index contributed by atoms with van der Waals surface area (Å²) in [7, 11) is 3.89. The molecule has 30 heavy (non-hydrogen) atoms. The number of hydrogen-bond donors (Lipinski definition) is 0. The number of piperidine rings is 1. The van der Waals surface area contributed by atoms with Gasteiger partial charge in [0.1, 0.15) is 0 Å². The van der Waals surface area contributed by atoms with E-state index in [1.54, 1.807) is 16.4 Å². The predicted molar refractivity (Wildman–Crippen MR) is 121 cm³/mol. The molecule has 1 aliphatic carbocycles. The van der Waals surface area contributed by atoms with E-state index in [0.717, 1.165) is 51.5 Å². The molecule has 2 aromatic heterocycles. The van der Waals surface area contributed by atoms with Crippen LogP contribution < -0.4 is 0 Å². The fourth-order valence-electron chi connectivity index (χ4n) is 4.70. The van der Waals surface area contributed by atoms with E-state index in [9.17, 15) is 0 Å². The number of hydrogen-bond acceptors (Lipinski definition) is 6. The number of likely N-dealkylation sites (tertiary alicyclic amines) is 1. The minimum atomic E-state index is 0.418. The second kappa shape index (κ2) is 7.76. The van der Waals surface area contributed by atoms with Gasteiger partial charge in [-0.2, -0.15) is 0 Å². The van der Waals surface area contributed by atoms with Crippen molar-refractivity contribution in [2.45, 2.75) is 30.3 Å². The number of nitrogens with zero attached hydrogens (tertiary/aromatic N) is 7. The first-order valence-electron chi connectivity index (χ1n) is 10.4. The summed E-state index contributed by atoms with van der Waals surface area (Å²) in [4.78, 5) is 2.64. The van der Waals surface area contributed by atoms with Crippen LogP contribution in [-0.2, 0) is 19.5 Å². The summed E-state index contributed by atoms with van der Waals surface area (Å²) in [6, 6.07) is 8.95. The standard InChI is InChI=1S/C21H26BrN7S/c1-14-18(23-26-28(14)3)19-24-25-20(27(19)2)30-10-4-9-29-12-16-11-21(16,13-29)15-5-7-17(22)8-6-15/h5-8,16H,4,9-13H2,1-3H3. The molecular weight excluding hydrogens is 462 g/mol. The number of halogens is 1. The highest BCUT2D eigenvalue weighted by Crippen LogP contribution is 2.59. The molecule has 0 spiro atoms. The molecule has 9 heteroatoms. The SMILES string of the molecule is Cc1c(-c2nnc(SCCCN3CC4CC4(c4ccc(Br)cc4)C3)n2C)nnn1C. The second-order valence-corrected chi connectivity index (χ2v) is 10.5. The van der Waals surface area contributed by atoms with Gasteiger partial charge in [0.2, 0.25) is 0 Å². The number of aromatic nitrogens is 6. The van der Waals surface area contributed by atoms with E-state index in [1.165, 1.54) is 25.1 Å². The molecule has 0 bridgehead atoms. The number of benzene rings is 1. The van der Waals surface area contributed by atoms with Crippen LogP contribution in [0.5, 0.6) is 0 Å². The third kappa shape index (κ3) is 3.50. The van der Waals surface area contributed by atoms with Gasteiger partial charge in [-0.05, 0) is 49.9 Å². The average Bonchev–Trinajstić information content (AvgIpc) is 2.98. The van der Waals surface area contributed by atoms with Gasteiger partial charge >= 0.3 is 0 Å². The van der Waals surface area contributed by atoms with Crippen LogP contribution in [0.3, 0.4) is 0 Å². The molecule has 2 unspecified atom stereocenters. The summed E-state index contributed by atoms with van der Waals surface area (Å²) in [6.45, 7) is 5.58. The van der Waals surface area contributed by atoms with Crippen molar-refractivity contribution < 1.29 is 0 Å². The summed E-state index contributed by atoms with van der Waals surface area (Å²) in [5.41, 5.74) is 3.72. The zero-order valence-corrected chi connectivity index (χ0v) is 19.9. The van der Waals surface area contributed by atoms with Crippen molar-refractivity contribution in [2.75, 3.05) is 25.4 Å². The van der Waals surface area contributed by atoms with Gasteiger partial charge in [-0.3, -0.25) is 4.68 Å². The molecule has 2 fully saturated rings. The Kier molecular flexibility index (Phi) is 5.23. The monoisotopic (exact) mass is 487 g/mol. The van der Waals surface area contributed by atoms with Crippen LogP contribution in [-0.4, -0.2) is 60.0 Å².